The molecule has 1 fully saturated rings. The molecule has 1 aliphatic rings. The molecule has 0 radical (unpaired) electrons. The molecular weight excluding hydrogens is 278 g/mol. The molecule has 1 atom stereocenters. The molecule has 1 saturated heterocycles. The van der Waals surface area contributed by atoms with E-state index in [9.17, 15) is 16.8 Å². The van der Waals surface area contributed by atoms with Crippen molar-refractivity contribution in [2.24, 2.45) is 0 Å². The molecule has 108 valence electrons. The van der Waals surface area contributed by atoms with E-state index in [1.165, 1.54) is 4.31 Å². The highest BCUT2D eigenvalue weighted by molar-refractivity contribution is 7.93. The van der Waals surface area contributed by atoms with E-state index in [2.05, 4.69) is 0 Å². The molecule has 18 heavy (non-hydrogen) atoms. The summed E-state index contributed by atoms with van der Waals surface area (Å²) in [6.07, 6.45) is 3.83. The lowest BCUT2D eigenvalue weighted by atomic mass is 10.1. The number of aliphatic hydroxyl groups is 1. The van der Waals surface area contributed by atoms with Crippen molar-refractivity contribution in [1.29, 1.82) is 0 Å². The van der Waals surface area contributed by atoms with Crippen LogP contribution in [0.5, 0.6) is 0 Å². The second kappa shape index (κ2) is 6.31. The van der Waals surface area contributed by atoms with E-state index in [0.717, 1.165) is 19.1 Å². The van der Waals surface area contributed by atoms with Gasteiger partial charge in [-0.1, -0.05) is 0 Å². The van der Waals surface area contributed by atoms with Gasteiger partial charge < -0.3 is 5.11 Å². The third kappa shape index (κ3) is 4.83. The molecule has 0 saturated carbocycles. The fourth-order valence-corrected chi connectivity index (χ4v) is 5.53. The predicted octanol–water partition coefficient (Wildman–Crippen LogP) is -0.402. The molecule has 0 spiro atoms. The number of nitrogens with zero attached hydrogens (tertiary/aromatic N) is 1. The number of rotatable bonds is 7. The molecule has 0 aromatic heterocycles. The monoisotopic (exact) mass is 299 g/mol. The van der Waals surface area contributed by atoms with Crippen molar-refractivity contribution < 1.29 is 21.9 Å². The van der Waals surface area contributed by atoms with Crippen molar-refractivity contribution in [1.82, 2.24) is 4.31 Å². The number of aliphatic hydroxyl groups excluding tert-OH is 1. The number of hydrogen-bond donors (Lipinski definition) is 1. The molecule has 0 aliphatic carbocycles. The Balaban J connectivity index is 2.65. The van der Waals surface area contributed by atoms with Crippen molar-refractivity contribution in [3.63, 3.8) is 0 Å². The normalized spacial score (nSPS) is 22.4. The van der Waals surface area contributed by atoms with Gasteiger partial charge in [-0.3, -0.25) is 0 Å². The summed E-state index contributed by atoms with van der Waals surface area (Å²) in [5, 5.41) is 8.78. The fraction of sp³-hybridized carbons (Fsp3) is 1.00. The zero-order chi connectivity index (χ0) is 13.8. The average Bonchev–Trinajstić information content (AvgIpc) is 2.72. The van der Waals surface area contributed by atoms with Crippen molar-refractivity contribution in [2.75, 3.05) is 30.9 Å². The molecule has 0 amide bonds. The van der Waals surface area contributed by atoms with Crippen molar-refractivity contribution in [2.45, 2.75) is 31.7 Å². The Morgan fingerprint density at radius 1 is 1.22 bits per heavy atom. The van der Waals surface area contributed by atoms with Crippen LogP contribution in [0.4, 0.5) is 0 Å². The third-order valence-corrected chi connectivity index (χ3v) is 6.21. The van der Waals surface area contributed by atoms with Gasteiger partial charge in [-0.05, 0) is 25.7 Å². The van der Waals surface area contributed by atoms with Crippen LogP contribution in [0.2, 0.25) is 0 Å². The SMILES string of the molecule is CS(=O)(=O)CCS(=O)(=O)N1CCCC1CCCO. The lowest BCUT2D eigenvalue weighted by Gasteiger charge is -2.23. The second-order valence-electron chi connectivity index (χ2n) is 4.72. The highest BCUT2D eigenvalue weighted by Gasteiger charge is 2.33. The highest BCUT2D eigenvalue weighted by atomic mass is 32.2. The first-order valence-corrected chi connectivity index (χ1v) is 9.71. The van der Waals surface area contributed by atoms with Crippen molar-refractivity contribution in [3.8, 4) is 0 Å². The minimum absolute atomic E-state index is 0.0493. The summed E-state index contributed by atoms with van der Waals surface area (Å²) < 4.78 is 47.6. The van der Waals surface area contributed by atoms with Gasteiger partial charge in [0.15, 0.2) is 0 Å². The van der Waals surface area contributed by atoms with Gasteiger partial charge in [0, 0.05) is 25.4 Å². The lowest BCUT2D eigenvalue weighted by Crippen LogP contribution is -2.38. The maximum absolute atomic E-state index is 12.1. The summed E-state index contributed by atoms with van der Waals surface area (Å²) in [4.78, 5) is 0. The van der Waals surface area contributed by atoms with E-state index in [4.69, 9.17) is 5.11 Å². The Bertz CT molecular complexity index is 457. The molecule has 1 unspecified atom stereocenters. The maximum atomic E-state index is 12.1. The van der Waals surface area contributed by atoms with Crippen LogP contribution in [0.15, 0.2) is 0 Å². The van der Waals surface area contributed by atoms with Crippen LogP contribution in [0.3, 0.4) is 0 Å². The number of sulfonamides is 1. The summed E-state index contributed by atoms with van der Waals surface area (Å²) in [5.74, 6) is -0.681. The van der Waals surface area contributed by atoms with Gasteiger partial charge in [0.25, 0.3) is 0 Å². The van der Waals surface area contributed by atoms with Crippen LogP contribution in [-0.2, 0) is 19.9 Å². The fourth-order valence-electron chi connectivity index (χ4n) is 2.16. The Morgan fingerprint density at radius 2 is 1.89 bits per heavy atom. The first-order chi connectivity index (χ1) is 8.26. The number of hydrogen-bond acceptors (Lipinski definition) is 5. The van der Waals surface area contributed by atoms with E-state index in [-0.39, 0.29) is 24.2 Å². The van der Waals surface area contributed by atoms with Crippen LogP contribution >= 0.6 is 0 Å². The summed E-state index contributed by atoms with van der Waals surface area (Å²) in [6.45, 7) is 0.510. The zero-order valence-electron chi connectivity index (χ0n) is 10.6. The molecule has 1 rings (SSSR count). The third-order valence-electron chi connectivity index (χ3n) is 3.09. The van der Waals surface area contributed by atoms with Gasteiger partial charge in [-0.2, -0.15) is 4.31 Å². The Kier molecular flexibility index (Phi) is 5.57. The van der Waals surface area contributed by atoms with Gasteiger partial charge in [0.2, 0.25) is 10.0 Å². The van der Waals surface area contributed by atoms with E-state index < -0.39 is 19.9 Å². The van der Waals surface area contributed by atoms with Gasteiger partial charge >= 0.3 is 0 Å². The summed E-state index contributed by atoms with van der Waals surface area (Å²) in [5.41, 5.74) is 0. The van der Waals surface area contributed by atoms with E-state index in [1.54, 1.807) is 0 Å². The molecule has 1 heterocycles. The second-order valence-corrected chi connectivity index (χ2v) is 9.02. The standard InChI is InChI=1S/C10H21NO5S2/c1-17(13,14)8-9-18(15,16)11-6-2-4-10(11)5-3-7-12/h10,12H,2-9H2,1H3. The van der Waals surface area contributed by atoms with E-state index in [1.807, 2.05) is 0 Å². The molecule has 0 aromatic carbocycles. The minimum Gasteiger partial charge on any atom is -0.396 e. The van der Waals surface area contributed by atoms with Crippen LogP contribution < -0.4 is 0 Å². The van der Waals surface area contributed by atoms with Crippen LogP contribution in [0.1, 0.15) is 25.7 Å². The topological polar surface area (TPSA) is 91.8 Å². The first-order valence-electron chi connectivity index (χ1n) is 6.04. The minimum atomic E-state index is -3.50. The van der Waals surface area contributed by atoms with Gasteiger partial charge in [-0.25, -0.2) is 16.8 Å². The van der Waals surface area contributed by atoms with Crippen molar-refractivity contribution >= 4 is 19.9 Å². The van der Waals surface area contributed by atoms with Crippen LogP contribution in [-0.4, -0.2) is 63.2 Å². The molecular formula is C10H21NO5S2. The first kappa shape index (κ1) is 15.9. The van der Waals surface area contributed by atoms with E-state index >= 15 is 0 Å². The van der Waals surface area contributed by atoms with E-state index in [0.29, 0.717) is 19.4 Å². The Labute approximate surface area is 109 Å². The molecule has 0 aromatic rings. The number of sulfone groups is 1. The molecule has 0 bridgehead atoms. The van der Waals surface area contributed by atoms with Crippen LogP contribution in [0.25, 0.3) is 0 Å². The van der Waals surface area contributed by atoms with Gasteiger partial charge in [0.05, 0.1) is 11.5 Å². The summed E-state index contributed by atoms with van der Waals surface area (Å²) in [7, 11) is -6.77. The summed E-state index contributed by atoms with van der Waals surface area (Å²) in [6, 6.07) is -0.0817. The molecule has 1 N–H and O–H groups in total. The van der Waals surface area contributed by atoms with Crippen LogP contribution in [0, 0.1) is 0 Å². The van der Waals surface area contributed by atoms with Gasteiger partial charge in [-0.15, -0.1) is 0 Å². The predicted molar refractivity (Wildman–Crippen MR) is 69.5 cm³/mol. The molecule has 1 aliphatic heterocycles. The van der Waals surface area contributed by atoms with Gasteiger partial charge in [0.1, 0.15) is 9.84 Å². The zero-order valence-corrected chi connectivity index (χ0v) is 12.2. The quantitative estimate of drug-likeness (QED) is 0.690. The largest absolute Gasteiger partial charge is 0.396 e. The molecule has 8 heteroatoms. The smallest absolute Gasteiger partial charge is 0.215 e. The lowest BCUT2D eigenvalue weighted by molar-refractivity contribution is 0.264. The molecule has 6 nitrogen and oxygen atoms in total. The highest BCUT2D eigenvalue weighted by Crippen LogP contribution is 2.24. The summed E-state index contributed by atoms with van der Waals surface area (Å²) >= 11 is 0. The Hall–Kier alpha value is -0.180. The maximum Gasteiger partial charge on any atom is 0.215 e. The average molecular weight is 299 g/mol. The van der Waals surface area contributed by atoms with Crippen molar-refractivity contribution in [3.05, 3.63) is 0 Å². The Morgan fingerprint density at radius 3 is 2.44 bits per heavy atom.